The lowest BCUT2D eigenvalue weighted by molar-refractivity contribution is -0.122. The van der Waals surface area contributed by atoms with Gasteiger partial charge in [-0.1, -0.05) is 24.6 Å². The van der Waals surface area contributed by atoms with E-state index in [-0.39, 0.29) is 35.1 Å². The summed E-state index contributed by atoms with van der Waals surface area (Å²) in [5, 5.41) is 2.14. The van der Waals surface area contributed by atoms with Crippen LogP contribution in [0.1, 0.15) is 35.9 Å². The van der Waals surface area contributed by atoms with Crippen LogP contribution in [0.5, 0.6) is 5.75 Å². The van der Waals surface area contributed by atoms with Crippen molar-refractivity contribution in [2.75, 3.05) is 4.90 Å². The van der Waals surface area contributed by atoms with Crippen molar-refractivity contribution >= 4 is 46.4 Å². The van der Waals surface area contributed by atoms with Crippen LogP contribution in [0.25, 0.3) is 0 Å². The first-order valence-corrected chi connectivity index (χ1v) is 10.1. The van der Waals surface area contributed by atoms with Crippen LogP contribution in [0, 0.1) is 17.8 Å². The molecular formula is C20H18ClNO4S. The van der Waals surface area contributed by atoms with Crippen LogP contribution in [-0.2, 0) is 9.59 Å². The predicted octanol–water partition coefficient (Wildman–Crippen LogP) is 4.55. The van der Waals surface area contributed by atoms with Crippen LogP contribution in [-0.4, -0.2) is 17.8 Å². The van der Waals surface area contributed by atoms with Gasteiger partial charge in [0.1, 0.15) is 4.88 Å². The van der Waals surface area contributed by atoms with Crippen LogP contribution >= 0.6 is 22.9 Å². The first kappa shape index (κ1) is 18.2. The zero-order chi connectivity index (χ0) is 19.1. The van der Waals surface area contributed by atoms with Gasteiger partial charge in [-0.3, -0.25) is 9.59 Å². The highest BCUT2D eigenvalue weighted by Crippen LogP contribution is 2.44. The van der Waals surface area contributed by atoms with Crippen molar-refractivity contribution in [1.29, 1.82) is 0 Å². The maximum atomic E-state index is 13.0. The number of hydrogen-bond donors (Lipinski definition) is 0. The third kappa shape index (κ3) is 3.28. The number of nitrogens with zero attached hydrogens (tertiary/aromatic N) is 1. The first-order valence-electron chi connectivity index (χ1n) is 8.88. The monoisotopic (exact) mass is 403 g/mol. The third-order valence-electron chi connectivity index (χ3n) is 5.27. The number of fused-ring (bicyclic) bond motifs is 1. The van der Waals surface area contributed by atoms with E-state index in [2.05, 4.69) is 6.92 Å². The summed E-state index contributed by atoms with van der Waals surface area (Å²) in [6, 6.07) is 8.01. The van der Waals surface area contributed by atoms with E-state index in [9.17, 15) is 14.4 Å². The van der Waals surface area contributed by atoms with Crippen LogP contribution < -0.4 is 9.64 Å². The van der Waals surface area contributed by atoms with Gasteiger partial charge < -0.3 is 4.74 Å². The minimum absolute atomic E-state index is 0.159. The molecule has 1 aliphatic heterocycles. The number of carbonyl (C=O) groups is 3. The summed E-state index contributed by atoms with van der Waals surface area (Å²) in [7, 11) is 0. The van der Waals surface area contributed by atoms with E-state index in [0.717, 1.165) is 11.3 Å². The Morgan fingerprint density at radius 3 is 2.70 bits per heavy atom. The highest BCUT2D eigenvalue weighted by Gasteiger charge is 2.50. The molecule has 2 fully saturated rings. The quantitative estimate of drug-likeness (QED) is 0.428. The van der Waals surface area contributed by atoms with E-state index in [1.165, 1.54) is 23.5 Å². The Labute approximate surface area is 165 Å². The highest BCUT2D eigenvalue weighted by atomic mass is 35.5. The normalized spacial score (nSPS) is 24.8. The molecule has 7 heteroatoms. The fourth-order valence-corrected chi connectivity index (χ4v) is 4.69. The number of esters is 1. The van der Waals surface area contributed by atoms with Crippen molar-refractivity contribution in [1.82, 2.24) is 0 Å². The molecule has 0 radical (unpaired) electrons. The number of halogens is 1. The van der Waals surface area contributed by atoms with Gasteiger partial charge in [0, 0.05) is 5.02 Å². The zero-order valence-corrected chi connectivity index (χ0v) is 16.3. The van der Waals surface area contributed by atoms with Crippen molar-refractivity contribution in [3.63, 3.8) is 0 Å². The number of benzene rings is 1. The second-order valence-corrected chi connectivity index (χ2v) is 8.51. The van der Waals surface area contributed by atoms with Crippen molar-refractivity contribution in [2.45, 2.75) is 26.2 Å². The number of rotatable bonds is 3. The summed E-state index contributed by atoms with van der Waals surface area (Å²) in [6.45, 7) is 2.10. The highest BCUT2D eigenvalue weighted by molar-refractivity contribution is 7.12. The molecule has 4 rings (SSSR count). The second kappa shape index (κ2) is 7.09. The number of ether oxygens (including phenoxy) is 1. The van der Waals surface area contributed by atoms with Crippen LogP contribution in [0.15, 0.2) is 35.7 Å². The average Bonchev–Trinajstić information content (AvgIpc) is 3.25. The average molecular weight is 404 g/mol. The second-order valence-electron chi connectivity index (χ2n) is 7.12. The van der Waals surface area contributed by atoms with Gasteiger partial charge in [0.25, 0.3) is 0 Å². The summed E-state index contributed by atoms with van der Waals surface area (Å²) in [6.07, 6.45) is 2.35. The Kier molecular flexibility index (Phi) is 4.78. The van der Waals surface area contributed by atoms with E-state index in [4.69, 9.17) is 16.3 Å². The molecule has 2 aromatic rings. The summed E-state index contributed by atoms with van der Waals surface area (Å²) in [5.41, 5.74) is 0.240. The molecule has 1 aromatic carbocycles. The molecule has 0 bridgehead atoms. The van der Waals surface area contributed by atoms with Crippen molar-refractivity contribution in [3.8, 4) is 5.75 Å². The molecule has 0 spiro atoms. The molecule has 1 aliphatic carbocycles. The maximum Gasteiger partial charge on any atom is 0.353 e. The number of amides is 2. The molecule has 2 amide bonds. The minimum Gasteiger partial charge on any atom is -0.420 e. The van der Waals surface area contributed by atoms with E-state index < -0.39 is 5.97 Å². The molecule has 140 valence electrons. The SMILES string of the molecule is C[C@@H]1CC[C@H]2C(=O)N(c3cc(Cl)ccc3OC(=O)c3cccs3)C(=O)[C@@H]2C1. The van der Waals surface area contributed by atoms with Gasteiger partial charge in [-0.25, -0.2) is 9.69 Å². The molecule has 27 heavy (non-hydrogen) atoms. The smallest absolute Gasteiger partial charge is 0.353 e. The molecule has 2 aliphatic rings. The Balaban J connectivity index is 1.69. The number of imide groups is 1. The van der Waals surface area contributed by atoms with E-state index in [1.807, 2.05) is 0 Å². The predicted molar refractivity (Wildman–Crippen MR) is 103 cm³/mol. The molecule has 1 aromatic heterocycles. The van der Waals surface area contributed by atoms with Crippen LogP contribution in [0.2, 0.25) is 5.02 Å². The summed E-state index contributed by atoms with van der Waals surface area (Å²) < 4.78 is 5.50. The first-order chi connectivity index (χ1) is 13.0. The fourth-order valence-electron chi connectivity index (χ4n) is 3.92. The molecule has 0 N–H and O–H groups in total. The van der Waals surface area contributed by atoms with Crippen molar-refractivity contribution in [2.24, 2.45) is 17.8 Å². The van der Waals surface area contributed by atoms with E-state index in [0.29, 0.717) is 28.7 Å². The molecule has 5 nitrogen and oxygen atoms in total. The lowest BCUT2D eigenvalue weighted by atomic mass is 9.76. The van der Waals surface area contributed by atoms with Crippen molar-refractivity contribution < 1.29 is 19.1 Å². The number of anilines is 1. The summed E-state index contributed by atoms with van der Waals surface area (Å²) >= 11 is 7.38. The molecule has 2 heterocycles. The standard InChI is InChI=1S/C20H18ClNO4S/c1-11-4-6-13-14(9-11)19(24)22(18(13)23)15-10-12(21)5-7-16(15)26-20(25)17-3-2-8-27-17/h2-3,5,7-8,10-11,13-14H,4,6,9H2,1H3/t11-,13-,14-/m1/s1. The lowest BCUT2D eigenvalue weighted by Crippen LogP contribution is -2.31. The largest absolute Gasteiger partial charge is 0.420 e. The number of thiophene rings is 1. The van der Waals surface area contributed by atoms with Gasteiger partial charge in [-0.15, -0.1) is 11.3 Å². The Morgan fingerprint density at radius 1 is 1.19 bits per heavy atom. The molecule has 1 saturated carbocycles. The molecule has 0 unspecified atom stereocenters. The summed E-state index contributed by atoms with van der Waals surface area (Å²) in [4.78, 5) is 39.9. The topological polar surface area (TPSA) is 63.7 Å². The third-order valence-corrected chi connectivity index (χ3v) is 6.36. The van der Waals surface area contributed by atoms with Gasteiger partial charge in [0.15, 0.2) is 5.75 Å². The van der Waals surface area contributed by atoms with Gasteiger partial charge in [-0.05, 0) is 54.8 Å². The molecular weight excluding hydrogens is 386 g/mol. The van der Waals surface area contributed by atoms with Gasteiger partial charge in [0.05, 0.1) is 17.5 Å². The van der Waals surface area contributed by atoms with E-state index in [1.54, 1.807) is 23.6 Å². The van der Waals surface area contributed by atoms with Gasteiger partial charge in [-0.2, -0.15) is 0 Å². The molecule has 1 saturated heterocycles. The summed E-state index contributed by atoms with van der Waals surface area (Å²) in [5.74, 6) is -1.02. The Bertz CT molecular complexity index is 911. The maximum absolute atomic E-state index is 13.0. The van der Waals surface area contributed by atoms with Crippen LogP contribution in [0.4, 0.5) is 5.69 Å². The zero-order valence-electron chi connectivity index (χ0n) is 14.7. The Morgan fingerprint density at radius 2 is 1.96 bits per heavy atom. The van der Waals surface area contributed by atoms with E-state index >= 15 is 0 Å². The molecule has 3 atom stereocenters. The lowest BCUT2D eigenvalue weighted by Gasteiger charge is -2.25. The number of hydrogen-bond acceptors (Lipinski definition) is 5. The van der Waals surface area contributed by atoms with Crippen molar-refractivity contribution in [3.05, 3.63) is 45.6 Å². The number of carbonyl (C=O) groups excluding carboxylic acids is 3. The van der Waals surface area contributed by atoms with Gasteiger partial charge in [0.2, 0.25) is 11.8 Å². The fraction of sp³-hybridized carbons (Fsp3) is 0.350. The Hall–Kier alpha value is -2.18. The van der Waals surface area contributed by atoms with Gasteiger partial charge >= 0.3 is 5.97 Å². The minimum atomic E-state index is -0.529. The van der Waals surface area contributed by atoms with Crippen LogP contribution in [0.3, 0.4) is 0 Å².